The van der Waals surface area contributed by atoms with Crippen molar-refractivity contribution in [2.45, 2.75) is 69.5 Å². The van der Waals surface area contributed by atoms with Crippen molar-refractivity contribution in [2.24, 2.45) is 5.73 Å². The summed E-state index contributed by atoms with van der Waals surface area (Å²) in [5.41, 5.74) is 8.87. The molecule has 5 rings (SSSR count). The third kappa shape index (κ3) is 3.71. The van der Waals surface area contributed by atoms with Crippen LogP contribution >= 0.6 is 0 Å². The monoisotopic (exact) mass is 406 g/mol. The van der Waals surface area contributed by atoms with Crippen molar-refractivity contribution < 1.29 is 0 Å². The van der Waals surface area contributed by atoms with Crippen LogP contribution in [0.5, 0.6) is 0 Å². The van der Waals surface area contributed by atoms with Gasteiger partial charge in [0.05, 0.1) is 6.20 Å². The second kappa shape index (κ2) is 8.18. The number of imidazole rings is 1. The molecule has 2 fully saturated rings. The van der Waals surface area contributed by atoms with Crippen molar-refractivity contribution in [3.8, 4) is 0 Å². The van der Waals surface area contributed by atoms with Crippen LogP contribution < -0.4 is 16.0 Å². The molecular weight excluding hydrogens is 376 g/mol. The maximum Gasteiger partial charge on any atom is 0.224 e. The summed E-state index contributed by atoms with van der Waals surface area (Å²) < 4.78 is 2.33. The minimum Gasteiger partial charge on any atom is -0.351 e. The van der Waals surface area contributed by atoms with E-state index in [0.717, 1.165) is 61.3 Å². The Kier molecular flexibility index (Phi) is 5.25. The molecule has 158 valence electrons. The summed E-state index contributed by atoms with van der Waals surface area (Å²) in [5.74, 6) is 1.61. The van der Waals surface area contributed by atoms with Crippen LogP contribution in [0, 0.1) is 0 Å². The Labute approximate surface area is 176 Å². The van der Waals surface area contributed by atoms with E-state index in [1.54, 1.807) is 0 Å². The molecule has 0 amide bonds. The van der Waals surface area contributed by atoms with Gasteiger partial charge in [-0.05, 0) is 50.7 Å². The van der Waals surface area contributed by atoms with Crippen LogP contribution in [0.4, 0.5) is 17.6 Å². The van der Waals surface area contributed by atoms with Crippen molar-refractivity contribution in [1.29, 1.82) is 0 Å². The van der Waals surface area contributed by atoms with Gasteiger partial charge in [-0.25, -0.2) is 9.97 Å². The van der Waals surface area contributed by atoms with E-state index in [4.69, 9.17) is 15.7 Å². The highest BCUT2D eigenvalue weighted by molar-refractivity contribution is 5.77. The lowest BCUT2D eigenvalue weighted by Crippen LogP contribution is -2.33. The van der Waals surface area contributed by atoms with Gasteiger partial charge in [0.2, 0.25) is 11.9 Å². The number of pyridine rings is 1. The predicted octanol–water partition coefficient (Wildman–Crippen LogP) is 3.79. The molecule has 3 N–H and O–H groups in total. The first-order chi connectivity index (χ1) is 14.7. The standard InChI is InChI=1S/C22H30N8/c1-29(17-10-12-24-13-11-17)22-27-19-14-25-21(26-16-8-6-15(23)7-9-16)28-20(19)30(22)18-4-2-3-5-18/h10-16,18H,2-9,23H2,1H3,(H,25,26,28). The van der Waals surface area contributed by atoms with E-state index in [-0.39, 0.29) is 0 Å². The summed E-state index contributed by atoms with van der Waals surface area (Å²) in [6, 6.07) is 5.16. The molecule has 0 aliphatic heterocycles. The van der Waals surface area contributed by atoms with E-state index in [1.807, 2.05) is 30.7 Å². The highest BCUT2D eigenvalue weighted by atomic mass is 15.3. The first kappa shape index (κ1) is 19.2. The molecule has 2 aliphatic carbocycles. The molecule has 0 atom stereocenters. The van der Waals surface area contributed by atoms with Crippen molar-refractivity contribution in [2.75, 3.05) is 17.3 Å². The van der Waals surface area contributed by atoms with Gasteiger partial charge >= 0.3 is 0 Å². The number of nitrogens with one attached hydrogen (secondary N) is 1. The molecule has 3 aromatic rings. The van der Waals surface area contributed by atoms with Crippen LogP contribution in [0.15, 0.2) is 30.7 Å². The lowest BCUT2D eigenvalue weighted by molar-refractivity contribution is 0.410. The molecule has 2 saturated carbocycles. The second-order valence-electron chi connectivity index (χ2n) is 8.64. The number of rotatable bonds is 5. The van der Waals surface area contributed by atoms with E-state index in [9.17, 15) is 0 Å². The zero-order valence-corrected chi connectivity index (χ0v) is 17.5. The summed E-state index contributed by atoms with van der Waals surface area (Å²) >= 11 is 0. The van der Waals surface area contributed by atoms with Gasteiger partial charge < -0.3 is 16.0 Å². The minimum atomic E-state index is 0.335. The molecule has 2 aliphatic rings. The van der Waals surface area contributed by atoms with Crippen LogP contribution in [-0.4, -0.2) is 43.6 Å². The quantitative estimate of drug-likeness (QED) is 0.665. The van der Waals surface area contributed by atoms with Crippen molar-refractivity contribution >= 4 is 28.7 Å². The number of nitrogens with zero attached hydrogens (tertiary/aromatic N) is 6. The highest BCUT2D eigenvalue weighted by Gasteiger charge is 2.27. The summed E-state index contributed by atoms with van der Waals surface area (Å²) in [7, 11) is 2.06. The Hall–Kier alpha value is -2.74. The first-order valence-corrected chi connectivity index (χ1v) is 11.1. The third-order valence-corrected chi connectivity index (χ3v) is 6.56. The number of nitrogens with two attached hydrogens (primary N) is 1. The summed E-state index contributed by atoms with van der Waals surface area (Å²) in [5, 5.41) is 3.54. The zero-order valence-electron chi connectivity index (χ0n) is 17.5. The van der Waals surface area contributed by atoms with Gasteiger partial charge in [0.25, 0.3) is 0 Å². The van der Waals surface area contributed by atoms with Crippen LogP contribution in [0.1, 0.15) is 57.4 Å². The maximum absolute atomic E-state index is 6.05. The number of aromatic nitrogens is 5. The molecule has 8 heteroatoms. The highest BCUT2D eigenvalue weighted by Crippen LogP contribution is 2.37. The van der Waals surface area contributed by atoms with E-state index < -0.39 is 0 Å². The lowest BCUT2D eigenvalue weighted by Gasteiger charge is -2.26. The molecule has 8 nitrogen and oxygen atoms in total. The van der Waals surface area contributed by atoms with E-state index in [0.29, 0.717) is 24.1 Å². The first-order valence-electron chi connectivity index (χ1n) is 11.1. The minimum absolute atomic E-state index is 0.335. The van der Waals surface area contributed by atoms with E-state index >= 15 is 0 Å². The number of hydrogen-bond donors (Lipinski definition) is 2. The number of fused-ring (bicyclic) bond motifs is 1. The van der Waals surface area contributed by atoms with Gasteiger partial charge in [-0.3, -0.25) is 9.55 Å². The average Bonchev–Trinajstić information content (AvgIpc) is 3.43. The fourth-order valence-corrected chi connectivity index (χ4v) is 4.81. The summed E-state index contributed by atoms with van der Waals surface area (Å²) in [6.45, 7) is 0. The van der Waals surface area contributed by atoms with E-state index in [1.165, 1.54) is 12.8 Å². The molecule has 0 aromatic carbocycles. The van der Waals surface area contributed by atoms with Crippen LogP contribution in [-0.2, 0) is 0 Å². The third-order valence-electron chi connectivity index (χ3n) is 6.56. The Morgan fingerprint density at radius 2 is 1.77 bits per heavy atom. The molecule has 3 heterocycles. The number of hydrogen-bond acceptors (Lipinski definition) is 7. The summed E-state index contributed by atoms with van der Waals surface area (Å²) in [6.07, 6.45) is 14.6. The molecule has 3 aromatic heterocycles. The average molecular weight is 407 g/mol. The Morgan fingerprint density at radius 3 is 2.50 bits per heavy atom. The SMILES string of the molecule is CN(c1ccncc1)c1nc2cnc(NC3CCC(N)CC3)nc2n1C1CCCC1. The molecule has 0 unspecified atom stereocenters. The van der Waals surface area contributed by atoms with Crippen molar-refractivity contribution in [1.82, 2.24) is 24.5 Å². The van der Waals surface area contributed by atoms with Gasteiger partial charge in [-0.2, -0.15) is 4.98 Å². The van der Waals surface area contributed by atoms with Gasteiger partial charge in [0.1, 0.15) is 5.52 Å². The second-order valence-corrected chi connectivity index (χ2v) is 8.64. The maximum atomic E-state index is 6.05. The topological polar surface area (TPSA) is 97.8 Å². The smallest absolute Gasteiger partial charge is 0.224 e. The molecule has 30 heavy (non-hydrogen) atoms. The Bertz CT molecular complexity index is 987. The molecular formula is C22H30N8. The van der Waals surface area contributed by atoms with E-state index in [2.05, 4.69) is 31.8 Å². The normalized spacial score (nSPS) is 22.5. The van der Waals surface area contributed by atoms with Gasteiger partial charge in [0.15, 0.2) is 5.65 Å². The molecule has 0 spiro atoms. The largest absolute Gasteiger partial charge is 0.351 e. The Balaban J connectivity index is 1.51. The van der Waals surface area contributed by atoms with Crippen molar-refractivity contribution in [3.05, 3.63) is 30.7 Å². The van der Waals surface area contributed by atoms with Gasteiger partial charge in [0, 0.05) is 43.3 Å². The van der Waals surface area contributed by atoms with Crippen LogP contribution in [0.25, 0.3) is 11.2 Å². The number of anilines is 3. The van der Waals surface area contributed by atoms with Crippen LogP contribution in [0.3, 0.4) is 0 Å². The molecule has 0 saturated heterocycles. The molecule has 0 bridgehead atoms. The Morgan fingerprint density at radius 1 is 1.03 bits per heavy atom. The summed E-state index contributed by atoms with van der Waals surface area (Å²) in [4.78, 5) is 20.7. The lowest BCUT2D eigenvalue weighted by atomic mass is 9.92. The fraction of sp³-hybridized carbons (Fsp3) is 0.545. The fourth-order valence-electron chi connectivity index (χ4n) is 4.81. The predicted molar refractivity (Wildman–Crippen MR) is 119 cm³/mol. The van der Waals surface area contributed by atoms with Gasteiger partial charge in [-0.15, -0.1) is 0 Å². The zero-order chi connectivity index (χ0) is 20.5. The van der Waals surface area contributed by atoms with Crippen LogP contribution in [0.2, 0.25) is 0 Å². The van der Waals surface area contributed by atoms with Crippen molar-refractivity contribution in [3.63, 3.8) is 0 Å². The molecule has 0 radical (unpaired) electrons. The van der Waals surface area contributed by atoms with Gasteiger partial charge in [-0.1, -0.05) is 12.8 Å².